The van der Waals surface area contributed by atoms with Gasteiger partial charge < -0.3 is 0 Å². The van der Waals surface area contributed by atoms with Crippen LogP contribution >= 0.6 is 33.3 Å². The topological polar surface area (TPSA) is 0 Å². The van der Waals surface area contributed by atoms with Crippen molar-refractivity contribution in [2.45, 2.75) is 0 Å². The molecule has 0 nitrogen and oxygen atoms in total. The van der Waals surface area contributed by atoms with Crippen molar-refractivity contribution >= 4 is 43.2 Å². The maximum atomic E-state index is 6.38. The fraction of sp³-hybridized carbons (Fsp3) is 0. The molecule has 0 aliphatic carbocycles. The van der Waals surface area contributed by atoms with E-state index in [1.807, 2.05) is 60.7 Å². The SMILES string of the molecule is ClS/C(=C(\Cl)c1ccccc1)c1ccccc1. The van der Waals surface area contributed by atoms with Crippen LogP contribution in [0, 0.1) is 0 Å². The van der Waals surface area contributed by atoms with Crippen molar-refractivity contribution in [2.75, 3.05) is 0 Å². The van der Waals surface area contributed by atoms with Crippen LogP contribution in [0.1, 0.15) is 11.1 Å². The van der Waals surface area contributed by atoms with Gasteiger partial charge in [-0.1, -0.05) is 72.3 Å². The first-order chi connectivity index (χ1) is 8.33. The van der Waals surface area contributed by atoms with E-state index >= 15 is 0 Å². The Morgan fingerprint density at radius 2 is 1.24 bits per heavy atom. The van der Waals surface area contributed by atoms with Crippen molar-refractivity contribution in [1.82, 2.24) is 0 Å². The smallest absolute Gasteiger partial charge is 0.0632 e. The molecule has 2 aromatic carbocycles. The summed E-state index contributed by atoms with van der Waals surface area (Å²) >= 11 is 6.38. The molecule has 0 saturated carbocycles. The summed E-state index contributed by atoms with van der Waals surface area (Å²) in [6, 6.07) is 19.7. The minimum absolute atomic E-state index is 0.678. The van der Waals surface area contributed by atoms with Crippen LogP contribution in [0.3, 0.4) is 0 Å². The molecule has 2 aromatic rings. The molecule has 3 heteroatoms. The molecular weight excluding hydrogens is 271 g/mol. The quantitative estimate of drug-likeness (QED) is 0.656. The highest BCUT2D eigenvalue weighted by atomic mass is 35.7. The van der Waals surface area contributed by atoms with E-state index in [-0.39, 0.29) is 0 Å². The first kappa shape index (κ1) is 12.6. The Kier molecular flexibility index (Phi) is 4.55. The second kappa shape index (κ2) is 6.15. The Bertz CT molecular complexity index is 506. The molecule has 17 heavy (non-hydrogen) atoms. The minimum atomic E-state index is 0.678. The third kappa shape index (κ3) is 3.06. The second-order valence-electron chi connectivity index (χ2n) is 3.45. The molecule has 0 N–H and O–H groups in total. The summed E-state index contributed by atoms with van der Waals surface area (Å²) in [5, 5.41) is 0.678. The average molecular weight is 281 g/mol. The van der Waals surface area contributed by atoms with Gasteiger partial charge in [0.2, 0.25) is 0 Å². The van der Waals surface area contributed by atoms with Crippen molar-refractivity contribution in [3.8, 4) is 0 Å². The highest BCUT2D eigenvalue weighted by molar-refractivity contribution is 8.28. The molecule has 0 atom stereocenters. The minimum Gasteiger partial charge on any atom is -0.0824 e. The van der Waals surface area contributed by atoms with Gasteiger partial charge in [-0.05, 0) is 32.8 Å². The highest BCUT2D eigenvalue weighted by Gasteiger charge is 2.09. The number of hydrogen-bond donors (Lipinski definition) is 0. The van der Waals surface area contributed by atoms with E-state index in [0.717, 1.165) is 27.0 Å². The van der Waals surface area contributed by atoms with Gasteiger partial charge in [0.1, 0.15) is 0 Å². The van der Waals surface area contributed by atoms with Crippen LogP contribution in [0.2, 0.25) is 0 Å². The van der Waals surface area contributed by atoms with Crippen molar-refractivity contribution in [3.05, 3.63) is 71.8 Å². The maximum Gasteiger partial charge on any atom is 0.0632 e. The van der Waals surface area contributed by atoms with E-state index in [9.17, 15) is 0 Å². The van der Waals surface area contributed by atoms with Gasteiger partial charge in [0.05, 0.1) is 5.03 Å². The lowest BCUT2D eigenvalue weighted by Crippen LogP contribution is -1.83. The molecule has 0 fully saturated rings. The predicted octanol–water partition coefficient (Wildman–Crippen LogP) is 5.64. The summed E-state index contributed by atoms with van der Waals surface area (Å²) in [6.45, 7) is 0. The van der Waals surface area contributed by atoms with E-state index in [1.54, 1.807) is 0 Å². The van der Waals surface area contributed by atoms with Crippen molar-refractivity contribution in [3.63, 3.8) is 0 Å². The van der Waals surface area contributed by atoms with Crippen LogP contribution in [0.15, 0.2) is 60.7 Å². The molecule has 0 heterocycles. The molecule has 0 aliphatic rings. The van der Waals surface area contributed by atoms with Crippen LogP contribution in [0.4, 0.5) is 0 Å². The van der Waals surface area contributed by atoms with Gasteiger partial charge in [-0.15, -0.1) is 0 Å². The zero-order valence-corrected chi connectivity index (χ0v) is 11.3. The van der Waals surface area contributed by atoms with Crippen LogP contribution in [0.5, 0.6) is 0 Å². The van der Waals surface area contributed by atoms with E-state index in [1.165, 1.54) is 0 Å². The molecule has 0 radical (unpaired) electrons. The molecule has 2 rings (SSSR count). The normalized spacial score (nSPS) is 12.1. The zero-order chi connectivity index (χ0) is 12.1. The van der Waals surface area contributed by atoms with Gasteiger partial charge in [0.25, 0.3) is 0 Å². The summed E-state index contributed by atoms with van der Waals surface area (Å²) in [5.41, 5.74) is 2.00. The van der Waals surface area contributed by atoms with E-state index < -0.39 is 0 Å². The fourth-order valence-corrected chi connectivity index (χ4v) is 2.89. The Morgan fingerprint density at radius 1 is 0.765 bits per heavy atom. The average Bonchev–Trinajstić information content (AvgIpc) is 2.42. The molecule has 0 aliphatic heterocycles. The lowest BCUT2D eigenvalue weighted by molar-refractivity contribution is 1.63. The van der Waals surface area contributed by atoms with Gasteiger partial charge >= 0.3 is 0 Å². The van der Waals surface area contributed by atoms with Crippen molar-refractivity contribution in [1.29, 1.82) is 0 Å². The van der Waals surface area contributed by atoms with Crippen molar-refractivity contribution < 1.29 is 0 Å². The number of benzene rings is 2. The van der Waals surface area contributed by atoms with E-state index in [0.29, 0.717) is 5.03 Å². The summed E-state index contributed by atoms with van der Waals surface area (Å²) in [5.74, 6) is 0. The number of hydrogen-bond acceptors (Lipinski definition) is 1. The first-order valence-corrected chi connectivity index (χ1v) is 7.14. The van der Waals surface area contributed by atoms with Crippen molar-refractivity contribution in [2.24, 2.45) is 0 Å². The first-order valence-electron chi connectivity index (χ1n) is 5.12. The lowest BCUT2D eigenvalue weighted by atomic mass is 10.1. The Balaban J connectivity index is 2.48. The molecule has 0 unspecified atom stereocenters. The maximum absolute atomic E-state index is 6.38. The van der Waals surface area contributed by atoms with Gasteiger partial charge in [-0.25, -0.2) is 0 Å². The highest BCUT2D eigenvalue weighted by Crippen LogP contribution is 2.39. The number of rotatable bonds is 3. The molecular formula is C14H10Cl2S. The molecule has 0 bridgehead atoms. The summed E-state index contributed by atoms with van der Waals surface area (Å²) in [7, 11) is 7.07. The molecule has 86 valence electrons. The largest absolute Gasteiger partial charge is 0.0824 e. The standard InChI is InChI=1S/C14H10Cl2S/c15-13(11-7-3-1-4-8-11)14(17-16)12-9-5-2-6-10-12/h1-10H/b14-13-. The monoisotopic (exact) mass is 280 g/mol. The fourth-order valence-electron chi connectivity index (χ4n) is 1.51. The van der Waals surface area contributed by atoms with Gasteiger partial charge in [0, 0.05) is 4.91 Å². The van der Waals surface area contributed by atoms with Crippen LogP contribution < -0.4 is 0 Å². The summed E-state index contributed by atoms with van der Waals surface area (Å²) in [6.07, 6.45) is 0. The van der Waals surface area contributed by atoms with E-state index in [4.69, 9.17) is 22.3 Å². The third-order valence-electron chi connectivity index (χ3n) is 2.34. The van der Waals surface area contributed by atoms with Gasteiger partial charge in [-0.2, -0.15) is 0 Å². The summed E-state index contributed by atoms with van der Waals surface area (Å²) < 4.78 is 0. The third-order valence-corrected chi connectivity index (χ3v) is 3.92. The Hall–Kier alpha value is -0.890. The number of halogens is 2. The molecule has 0 saturated heterocycles. The zero-order valence-electron chi connectivity index (χ0n) is 8.94. The molecule has 0 amide bonds. The summed E-state index contributed by atoms with van der Waals surface area (Å²) in [4.78, 5) is 0.875. The van der Waals surface area contributed by atoms with Gasteiger partial charge in [-0.3, -0.25) is 0 Å². The van der Waals surface area contributed by atoms with Crippen LogP contribution in [-0.4, -0.2) is 0 Å². The second-order valence-corrected chi connectivity index (χ2v) is 4.86. The van der Waals surface area contributed by atoms with Crippen LogP contribution in [-0.2, 0) is 0 Å². The predicted molar refractivity (Wildman–Crippen MR) is 79.0 cm³/mol. The van der Waals surface area contributed by atoms with Crippen LogP contribution in [0.25, 0.3) is 9.94 Å². The Morgan fingerprint density at radius 3 is 1.71 bits per heavy atom. The Labute approximate surface area is 115 Å². The lowest BCUT2D eigenvalue weighted by Gasteiger charge is -2.07. The van der Waals surface area contributed by atoms with E-state index in [2.05, 4.69) is 0 Å². The molecule has 0 aromatic heterocycles. The van der Waals surface area contributed by atoms with Gasteiger partial charge in [0.15, 0.2) is 0 Å². The molecule has 0 spiro atoms.